The molecule has 4 nitrogen and oxygen atoms in total. The number of furan rings is 2. The summed E-state index contributed by atoms with van der Waals surface area (Å²) in [5, 5.41) is 2.17. The van der Waals surface area contributed by atoms with Gasteiger partial charge in [-0.2, -0.15) is 0 Å². The van der Waals surface area contributed by atoms with Crippen molar-refractivity contribution in [3.8, 4) is 33.4 Å². The lowest BCUT2D eigenvalue weighted by molar-refractivity contribution is 0.590. The first-order valence-electron chi connectivity index (χ1n) is 24.5. The van der Waals surface area contributed by atoms with E-state index in [0.717, 1.165) is 55.6 Å². The van der Waals surface area contributed by atoms with E-state index in [0.29, 0.717) is 0 Å². The molecule has 0 saturated heterocycles. The third-order valence-electron chi connectivity index (χ3n) is 15.5. The lowest BCUT2D eigenvalue weighted by Crippen LogP contribution is -2.61. The number of benzene rings is 8. The van der Waals surface area contributed by atoms with Gasteiger partial charge in [0.2, 0.25) is 0 Å². The molecular formula is C64H55BN2O2. The van der Waals surface area contributed by atoms with E-state index >= 15 is 0 Å². The Morgan fingerprint density at radius 1 is 0.449 bits per heavy atom. The third kappa shape index (κ3) is 6.22. The number of rotatable bonds is 4. The first kappa shape index (κ1) is 41.7. The van der Waals surface area contributed by atoms with Gasteiger partial charge in [0, 0.05) is 61.4 Å². The summed E-state index contributed by atoms with van der Waals surface area (Å²) in [4.78, 5) is 5.14. The van der Waals surface area contributed by atoms with E-state index in [-0.39, 0.29) is 23.0 Å². The Bertz CT molecular complexity index is 3670. The summed E-state index contributed by atoms with van der Waals surface area (Å²) in [7, 11) is 0. The Morgan fingerprint density at radius 3 is 1.62 bits per heavy atom. The van der Waals surface area contributed by atoms with Crippen molar-refractivity contribution in [2.75, 3.05) is 9.80 Å². The zero-order valence-electron chi connectivity index (χ0n) is 41.0. The second-order valence-corrected chi connectivity index (χ2v) is 22.3. The van der Waals surface area contributed by atoms with E-state index in [1.165, 1.54) is 78.1 Å². The maximum Gasteiger partial charge on any atom is 0.252 e. The first-order chi connectivity index (χ1) is 33.1. The highest BCUT2D eigenvalue weighted by atomic mass is 16.3. The summed E-state index contributed by atoms with van der Waals surface area (Å²) in [5.74, 6) is 0. The quantitative estimate of drug-likeness (QED) is 0.165. The Hall–Kier alpha value is -7.50. The van der Waals surface area contributed by atoms with Gasteiger partial charge in [-0.3, -0.25) is 0 Å². The molecule has 0 bridgehead atoms. The molecule has 13 rings (SSSR count). The highest BCUT2D eigenvalue weighted by Crippen LogP contribution is 2.53. The monoisotopic (exact) mass is 894 g/mol. The van der Waals surface area contributed by atoms with Crippen LogP contribution in [0.25, 0.3) is 55.3 Å². The largest absolute Gasteiger partial charge is 0.464 e. The molecule has 69 heavy (non-hydrogen) atoms. The first-order valence-corrected chi connectivity index (χ1v) is 24.5. The summed E-state index contributed by atoms with van der Waals surface area (Å²) in [6.45, 7) is 20.9. The second-order valence-electron chi connectivity index (χ2n) is 22.3. The lowest BCUT2D eigenvalue weighted by Gasteiger charge is -2.45. The summed E-state index contributed by atoms with van der Waals surface area (Å²) in [5.41, 5.74) is 26.0. The third-order valence-corrected chi connectivity index (χ3v) is 15.5. The van der Waals surface area contributed by atoms with Crippen molar-refractivity contribution in [3.63, 3.8) is 0 Å². The molecule has 10 aromatic rings. The Balaban J connectivity index is 1.15. The molecule has 4 heterocycles. The summed E-state index contributed by atoms with van der Waals surface area (Å²) in [6.07, 6.45) is 3.85. The molecule has 8 aromatic carbocycles. The molecule has 0 amide bonds. The Morgan fingerprint density at radius 2 is 1.00 bits per heavy atom. The summed E-state index contributed by atoms with van der Waals surface area (Å²) < 4.78 is 12.6. The molecule has 0 fully saturated rings. The minimum Gasteiger partial charge on any atom is -0.464 e. The van der Waals surface area contributed by atoms with Crippen LogP contribution in [0.2, 0.25) is 0 Å². The van der Waals surface area contributed by atoms with Crippen molar-refractivity contribution in [3.05, 3.63) is 198 Å². The number of anilines is 6. The van der Waals surface area contributed by atoms with Crippen LogP contribution in [-0.2, 0) is 16.2 Å². The molecule has 0 spiro atoms. The van der Waals surface area contributed by atoms with E-state index in [1.54, 1.807) is 0 Å². The van der Waals surface area contributed by atoms with Gasteiger partial charge in [0.1, 0.15) is 11.2 Å². The van der Waals surface area contributed by atoms with Crippen LogP contribution in [0.3, 0.4) is 0 Å². The van der Waals surface area contributed by atoms with Crippen LogP contribution in [0.5, 0.6) is 0 Å². The minimum absolute atomic E-state index is 0.0318. The van der Waals surface area contributed by atoms with Gasteiger partial charge in [0.05, 0.1) is 12.5 Å². The van der Waals surface area contributed by atoms with Crippen molar-refractivity contribution >= 4 is 79.2 Å². The number of hydrogen-bond acceptors (Lipinski definition) is 4. The SMILES string of the molecule is Cc1cc2c3c(c1)N(c1cc(-c4coc5ccccc45)cc(-c4coc5ccccc45)c1)c1cc4c(cc1B3c1cc(C(C)(C)C)ccc1N2c1ccc(C(C)(C)C)cc1)-c1ccccc1C4(C)C. The predicted octanol–water partition coefficient (Wildman–Crippen LogP) is 15.8. The molecule has 0 radical (unpaired) electrons. The van der Waals surface area contributed by atoms with Crippen LogP contribution in [0, 0.1) is 6.92 Å². The van der Waals surface area contributed by atoms with E-state index < -0.39 is 0 Å². The van der Waals surface area contributed by atoms with Crippen molar-refractivity contribution in [2.45, 2.75) is 78.6 Å². The van der Waals surface area contributed by atoms with Crippen molar-refractivity contribution in [1.29, 1.82) is 0 Å². The topological polar surface area (TPSA) is 32.8 Å². The zero-order chi connectivity index (χ0) is 47.3. The van der Waals surface area contributed by atoms with E-state index in [1.807, 2.05) is 24.7 Å². The molecule has 2 aliphatic heterocycles. The number of para-hydroxylation sites is 2. The fourth-order valence-electron chi connectivity index (χ4n) is 11.9. The van der Waals surface area contributed by atoms with Gasteiger partial charge in [-0.05, 0) is 151 Å². The molecular weight excluding hydrogens is 840 g/mol. The number of fused-ring (bicyclic) bond motifs is 9. The van der Waals surface area contributed by atoms with Gasteiger partial charge in [-0.1, -0.05) is 146 Å². The minimum atomic E-state index is -0.205. The second kappa shape index (κ2) is 14.5. The van der Waals surface area contributed by atoms with Crippen molar-refractivity contribution < 1.29 is 8.83 Å². The Labute approximate surface area is 405 Å². The van der Waals surface area contributed by atoms with Crippen LogP contribution < -0.4 is 26.2 Å². The highest BCUT2D eigenvalue weighted by Gasteiger charge is 2.46. The predicted molar refractivity (Wildman–Crippen MR) is 291 cm³/mol. The van der Waals surface area contributed by atoms with Gasteiger partial charge < -0.3 is 18.6 Å². The maximum absolute atomic E-state index is 6.28. The summed E-state index contributed by atoms with van der Waals surface area (Å²) in [6, 6.07) is 59.4. The van der Waals surface area contributed by atoms with E-state index in [4.69, 9.17) is 8.83 Å². The molecule has 1 aliphatic carbocycles. The summed E-state index contributed by atoms with van der Waals surface area (Å²) >= 11 is 0. The Kier molecular flexibility index (Phi) is 8.76. The molecule has 5 heteroatoms. The molecule has 0 atom stereocenters. The van der Waals surface area contributed by atoms with Gasteiger partial charge in [-0.15, -0.1) is 0 Å². The number of hydrogen-bond donors (Lipinski definition) is 0. The van der Waals surface area contributed by atoms with Gasteiger partial charge in [0.15, 0.2) is 0 Å². The average Bonchev–Trinajstić information content (AvgIpc) is 4.03. The number of aryl methyl sites for hydroxylation is 1. The lowest BCUT2D eigenvalue weighted by atomic mass is 9.33. The molecule has 2 aromatic heterocycles. The smallest absolute Gasteiger partial charge is 0.252 e. The molecule has 0 N–H and O–H groups in total. The van der Waals surface area contributed by atoms with Crippen LogP contribution in [-0.4, -0.2) is 6.71 Å². The van der Waals surface area contributed by atoms with Gasteiger partial charge in [-0.25, -0.2) is 0 Å². The normalized spacial score (nSPS) is 14.5. The molecule has 0 unspecified atom stereocenters. The van der Waals surface area contributed by atoms with Gasteiger partial charge >= 0.3 is 0 Å². The standard InChI is InChI=1S/C64H55BN2O2/c1-38-28-57-61-58(29-38)67(44-31-39(49-36-68-59-20-14-11-17-46(49)59)30-40(32-44)50-37-69-60-21-15-12-18-47(50)60)56-35-52-48(45-16-10-13-19-51(45)64(52,8)9)34-54(56)65(61)53-33-42(63(5,6)7)24-27-55(53)66(57)43-25-22-41(23-26-43)62(2,3)4/h10-37H,1-9H3. The fourth-order valence-corrected chi connectivity index (χ4v) is 11.9. The molecule has 336 valence electrons. The van der Waals surface area contributed by atoms with E-state index in [2.05, 4.69) is 218 Å². The van der Waals surface area contributed by atoms with Crippen LogP contribution in [0.15, 0.2) is 179 Å². The maximum atomic E-state index is 6.28. The van der Waals surface area contributed by atoms with Crippen LogP contribution in [0.1, 0.15) is 83.2 Å². The van der Waals surface area contributed by atoms with Crippen molar-refractivity contribution in [2.24, 2.45) is 0 Å². The van der Waals surface area contributed by atoms with Gasteiger partial charge in [0.25, 0.3) is 6.71 Å². The fraction of sp³-hybridized carbons (Fsp3) is 0.188. The zero-order valence-corrected chi connectivity index (χ0v) is 41.0. The molecule has 3 aliphatic rings. The van der Waals surface area contributed by atoms with Crippen LogP contribution >= 0.6 is 0 Å². The highest BCUT2D eigenvalue weighted by molar-refractivity contribution is 7.00. The van der Waals surface area contributed by atoms with Crippen LogP contribution in [0.4, 0.5) is 34.1 Å². The van der Waals surface area contributed by atoms with Crippen molar-refractivity contribution in [1.82, 2.24) is 0 Å². The average molecular weight is 895 g/mol. The molecule has 0 saturated carbocycles. The number of nitrogens with zero attached hydrogens (tertiary/aromatic N) is 2. The van der Waals surface area contributed by atoms with E-state index in [9.17, 15) is 0 Å².